The first-order chi connectivity index (χ1) is 8.17. The van der Waals surface area contributed by atoms with Gasteiger partial charge in [-0.05, 0) is 37.7 Å². The molecule has 0 aliphatic heterocycles. The second kappa shape index (κ2) is 7.50. The summed E-state index contributed by atoms with van der Waals surface area (Å²) in [4.78, 5) is 0. The number of rotatable bonds is 7. The molecule has 1 atom stereocenters. The van der Waals surface area contributed by atoms with Crippen LogP contribution in [0, 0.1) is 12.8 Å². The molecule has 0 amide bonds. The Morgan fingerprint density at radius 1 is 1.00 bits per heavy atom. The standard InChI is InChI=1S/C16H26O/c1-4-6-15(7-5-2)16(17)12-14-10-8-13(3)9-11-14/h8-11,15-17H,4-7,12H2,1-3H3. The Bertz CT molecular complexity index is 296. The molecular weight excluding hydrogens is 208 g/mol. The second-order valence-electron chi connectivity index (χ2n) is 5.09. The van der Waals surface area contributed by atoms with E-state index in [-0.39, 0.29) is 6.10 Å². The molecule has 0 saturated carbocycles. The van der Waals surface area contributed by atoms with E-state index in [1.807, 2.05) is 0 Å². The van der Waals surface area contributed by atoms with Crippen LogP contribution >= 0.6 is 0 Å². The first kappa shape index (κ1) is 14.2. The fourth-order valence-electron chi connectivity index (χ4n) is 2.40. The molecular formula is C16H26O. The summed E-state index contributed by atoms with van der Waals surface area (Å²) < 4.78 is 0. The minimum Gasteiger partial charge on any atom is -0.392 e. The third kappa shape index (κ3) is 4.91. The minimum atomic E-state index is -0.183. The van der Waals surface area contributed by atoms with Gasteiger partial charge in [0.25, 0.3) is 0 Å². The first-order valence-corrected chi connectivity index (χ1v) is 6.91. The quantitative estimate of drug-likeness (QED) is 0.752. The minimum absolute atomic E-state index is 0.183. The van der Waals surface area contributed by atoms with E-state index < -0.39 is 0 Å². The highest BCUT2D eigenvalue weighted by Gasteiger charge is 2.17. The summed E-state index contributed by atoms with van der Waals surface area (Å²) in [5, 5.41) is 10.3. The van der Waals surface area contributed by atoms with Crippen LogP contribution < -0.4 is 0 Å². The van der Waals surface area contributed by atoms with Crippen LogP contribution in [0.1, 0.15) is 50.7 Å². The molecule has 1 N–H and O–H groups in total. The molecule has 0 heterocycles. The Morgan fingerprint density at radius 3 is 2.00 bits per heavy atom. The summed E-state index contributed by atoms with van der Waals surface area (Å²) in [6.45, 7) is 6.49. The zero-order chi connectivity index (χ0) is 12.7. The Kier molecular flexibility index (Phi) is 6.28. The third-order valence-electron chi connectivity index (χ3n) is 3.43. The average Bonchev–Trinajstić information content (AvgIpc) is 2.32. The largest absolute Gasteiger partial charge is 0.392 e. The van der Waals surface area contributed by atoms with Crippen molar-refractivity contribution in [3.8, 4) is 0 Å². The number of aliphatic hydroxyl groups excluding tert-OH is 1. The van der Waals surface area contributed by atoms with Crippen molar-refractivity contribution in [3.05, 3.63) is 35.4 Å². The van der Waals surface area contributed by atoms with Crippen LogP contribution in [-0.4, -0.2) is 11.2 Å². The lowest BCUT2D eigenvalue weighted by Gasteiger charge is -2.22. The molecule has 96 valence electrons. The van der Waals surface area contributed by atoms with Crippen LogP contribution in [0.15, 0.2) is 24.3 Å². The number of benzene rings is 1. The number of hydrogen-bond donors (Lipinski definition) is 1. The molecule has 1 aromatic carbocycles. The maximum absolute atomic E-state index is 10.3. The van der Waals surface area contributed by atoms with Crippen molar-refractivity contribution >= 4 is 0 Å². The molecule has 0 aromatic heterocycles. The number of hydrogen-bond acceptors (Lipinski definition) is 1. The molecule has 0 aliphatic rings. The molecule has 1 nitrogen and oxygen atoms in total. The van der Waals surface area contributed by atoms with E-state index in [4.69, 9.17) is 0 Å². The monoisotopic (exact) mass is 234 g/mol. The van der Waals surface area contributed by atoms with Gasteiger partial charge in [-0.15, -0.1) is 0 Å². The zero-order valence-electron chi connectivity index (χ0n) is 11.4. The van der Waals surface area contributed by atoms with Crippen LogP contribution in [-0.2, 0) is 6.42 Å². The molecule has 1 aromatic rings. The average molecular weight is 234 g/mol. The van der Waals surface area contributed by atoms with Crippen molar-refractivity contribution in [1.82, 2.24) is 0 Å². The summed E-state index contributed by atoms with van der Waals surface area (Å²) in [6, 6.07) is 8.51. The third-order valence-corrected chi connectivity index (χ3v) is 3.43. The molecule has 0 spiro atoms. The summed E-state index contributed by atoms with van der Waals surface area (Å²) in [5.74, 6) is 0.464. The van der Waals surface area contributed by atoms with Gasteiger partial charge in [-0.25, -0.2) is 0 Å². The van der Waals surface area contributed by atoms with E-state index in [9.17, 15) is 5.11 Å². The van der Waals surface area contributed by atoms with Crippen LogP contribution in [0.2, 0.25) is 0 Å². The Balaban J connectivity index is 2.55. The number of aryl methyl sites for hydroxylation is 1. The van der Waals surface area contributed by atoms with E-state index in [2.05, 4.69) is 45.0 Å². The van der Waals surface area contributed by atoms with Gasteiger partial charge in [-0.1, -0.05) is 56.5 Å². The maximum atomic E-state index is 10.3. The molecule has 0 aliphatic carbocycles. The van der Waals surface area contributed by atoms with Crippen LogP contribution in [0.3, 0.4) is 0 Å². The molecule has 1 rings (SSSR count). The summed E-state index contributed by atoms with van der Waals surface area (Å²) >= 11 is 0. The van der Waals surface area contributed by atoms with E-state index in [1.165, 1.54) is 11.1 Å². The zero-order valence-corrected chi connectivity index (χ0v) is 11.4. The van der Waals surface area contributed by atoms with E-state index >= 15 is 0 Å². The fourth-order valence-corrected chi connectivity index (χ4v) is 2.40. The van der Waals surface area contributed by atoms with Crippen LogP contribution in [0.5, 0.6) is 0 Å². The van der Waals surface area contributed by atoms with Crippen molar-refractivity contribution < 1.29 is 5.11 Å². The van der Waals surface area contributed by atoms with Gasteiger partial charge >= 0.3 is 0 Å². The predicted octanol–water partition coefficient (Wildman–Crippen LogP) is 4.11. The molecule has 0 fully saturated rings. The van der Waals surface area contributed by atoms with Gasteiger partial charge in [-0.2, -0.15) is 0 Å². The van der Waals surface area contributed by atoms with E-state index in [0.717, 1.165) is 32.1 Å². The van der Waals surface area contributed by atoms with Gasteiger partial charge in [0.15, 0.2) is 0 Å². The van der Waals surface area contributed by atoms with Crippen molar-refractivity contribution in [2.75, 3.05) is 0 Å². The van der Waals surface area contributed by atoms with Gasteiger partial charge in [0.2, 0.25) is 0 Å². The molecule has 0 bridgehead atoms. The first-order valence-electron chi connectivity index (χ1n) is 6.91. The Morgan fingerprint density at radius 2 is 1.53 bits per heavy atom. The molecule has 1 unspecified atom stereocenters. The smallest absolute Gasteiger partial charge is 0.0608 e. The van der Waals surface area contributed by atoms with Gasteiger partial charge in [-0.3, -0.25) is 0 Å². The summed E-state index contributed by atoms with van der Waals surface area (Å²) in [7, 11) is 0. The van der Waals surface area contributed by atoms with Gasteiger partial charge in [0.1, 0.15) is 0 Å². The van der Waals surface area contributed by atoms with Crippen LogP contribution in [0.25, 0.3) is 0 Å². The van der Waals surface area contributed by atoms with E-state index in [0.29, 0.717) is 5.92 Å². The highest BCUT2D eigenvalue weighted by molar-refractivity contribution is 5.21. The van der Waals surface area contributed by atoms with Crippen molar-refractivity contribution in [1.29, 1.82) is 0 Å². The maximum Gasteiger partial charge on any atom is 0.0608 e. The van der Waals surface area contributed by atoms with Crippen molar-refractivity contribution in [2.45, 2.75) is 59.0 Å². The fraction of sp³-hybridized carbons (Fsp3) is 0.625. The molecule has 17 heavy (non-hydrogen) atoms. The van der Waals surface area contributed by atoms with Crippen molar-refractivity contribution in [2.24, 2.45) is 5.92 Å². The highest BCUT2D eigenvalue weighted by atomic mass is 16.3. The molecule has 0 saturated heterocycles. The SMILES string of the molecule is CCCC(CCC)C(O)Cc1ccc(C)cc1. The molecule has 0 radical (unpaired) electrons. The lowest BCUT2D eigenvalue weighted by Crippen LogP contribution is -2.22. The second-order valence-corrected chi connectivity index (χ2v) is 5.09. The topological polar surface area (TPSA) is 20.2 Å². The summed E-state index contributed by atoms with van der Waals surface area (Å²) in [5.41, 5.74) is 2.53. The van der Waals surface area contributed by atoms with Crippen LogP contribution in [0.4, 0.5) is 0 Å². The number of aliphatic hydroxyl groups is 1. The van der Waals surface area contributed by atoms with Gasteiger partial charge in [0.05, 0.1) is 6.10 Å². The lowest BCUT2D eigenvalue weighted by molar-refractivity contribution is 0.0963. The van der Waals surface area contributed by atoms with Crippen molar-refractivity contribution in [3.63, 3.8) is 0 Å². The van der Waals surface area contributed by atoms with E-state index in [1.54, 1.807) is 0 Å². The molecule has 1 heteroatoms. The summed E-state index contributed by atoms with van der Waals surface area (Å²) in [6.07, 6.45) is 5.22. The predicted molar refractivity (Wildman–Crippen MR) is 74.2 cm³/mol. The normalized spacial score (nSPS) is 13.0. The highest BCUT2D eigenvalue weighted by Crippen LogP contribution is 2.21. The Labute approximate surface area is 106 Å². The van der Waals surface area contributed by atoms with Gasteiger partial charge < -0.3 is 5.11 Å². The Hall–Kier alpha value is -0.820. The lowest BCUT2D eigenvalue weighted by atomic mass is 9.89. The van der Waals surface area contributed by atoms with Gasteiger partial charge in [0, 0.05) is 0 Å².